The molecular formula is C11H13NO4. The molecule has 0 radical (unpaired) electrons. The predicted octanol–water partition coefficient (Wildman–Crippen LogP) is 1.26. The van der Waals surface area contributed by atoms with Gasteiger partial charge in [-0.05, 0) is 25.3 Å². The molecule has 5 nitrogen and oxygen atoms in total. The Balaban J connectivity index is 1.88. The number of amides is 1. The number of carboxylic acid groups (broad SMARTS) is 1. The smallest absolute Gasteiger partial charge is 0.306 e. The molecule has 86 valence electrons. The van der Waals surface area contributed by atoms with Crippen molar-refractivity contribution in [3.8, 4) is 0 Å². The fourth-order valence-corrected chi connectivity index (χ4v) is 2.00. The molecule has 5 heteroatoms. The summed E-state index contributed by atoms with van der Waals surface area (Å²) in [6, 6.07) is 1.54. The predicted molar refractivity (Wildman–Crippen MR) is 54.9 cm³/mol. The lowest BCUT2D eigenvalue weighted by Gasteiger charge is -2.11. The number of rotatable bonds is 3. The number of aliphatic carboxylic acids is 1. The van der Waals surface area contributed by atoms with Crippen molar-refractivity contribution in [2.24, 2.45) is 5.92 Å². The highest BCUT2D eigenvalue weighted by Crippen LogP contribution is 2.25. The zero-order valence-electron chi connectivity index (χ0n) is 8.68. The van der Waals surface area contributed by atoms with Crippen LogP contribution >= 0.6 is 0 Å². The van der Waals surface area contributed by atoms with Gasteiger partial charge in [0.1, 0.15) is 6.26 Å². The highest BCUT2D eigenvalue weighted by molar-refractivity contribution is 5.94. The fourth-order valence-electron chi connectivity index (χ4n) is 2.00. The Hall–Kier alpha value is -1.78. The van der Waals surface area contributed by atoms with Gasteiger partial charge in [-0.1, -0.05) is 0 Å². The quantitative estimate of drug-likeness (QED) is 0.808. The third-order valence-electron chi connectivity index (χ3n) is 2.90. The average Bonchev–Trinajstić information content (AvgIpc) is 2.87. The highest BCUT2D eigenvalue weighted by atomic mass is 16.4. The van der Waals surface area contributed by atoms with Crippen molar-refractivity contribution in [3.63, 3.8) is 0 Å². The van der Waals surface area contributed by atoms with E-state index in [-0.39, 0.29) is 17.9 Å². The summed E-state index contributed by atoms with van der Waals surface area (Å²) in [5.74, 6) is -1.31. The van der Waals surface area contributed by atoms with Crippen LogP contribution in [0, 0.1) is 5.92 Å². The first-order valence-corrected chi connectivity index (χ1v) is 5.22. The Morgan fingerprint density at radius 2 is 2.25 bits per heavy atom. The van der Waals surface area contributed by atoms with Gasteiger partial charge in [0.05, 0.1) is 17.7 Å². The summed E-state index contributed by atoms with van der Waals surface area (Å²) in [5, 5.41) is 11.6. The van der Waals surface area contributed by atoms with Crippen LogP contribution in [-0.4, -0.2) is 23.0 Å². The van der Waals surface area contributed by atoms with E-state index in [2.05, 4.69) is 5.32 Å². The van der Waals surface area contributed by atoms with Gasteiger partial charge in [-0.25, -0.2) is 0 Å². The molecule has 2 rings (SSSR count). The Morgan fingerprint density at radius 3 is 2.81 bits per heavy atom. The van der Waals surface area contributed by atoms with Crippen molar-refractivity contribution in [3.05, 3.63) is 24.2 Å². The highest BCUT2D eigenvalue weighted by Gasteiger charge is 2.30. The molecule has 0 aliphatic heterocycles. The molecular weight excluding hydrogens is 210 g/mol. The minimum Gasteiger partial charge on any atom is -0.481 e. The number of furan rings is 1. The summed E-state index contributed by atoms with van der Waals surface area (Å²) in [6.45, 7) is 0. The number of carbonyl (C=O) groups excluding carboxylic acids is 1. The molecule has 1 fully saturated rings. The van der Waals surface area contributed by atoms with Gasteiger partial charge in [0.2, 0.25) is 0 Å². The second kappa shape index (κ2) is 4.38. The van der Waals surface area contributed by atoms with E-state index < -0.39 is 5.97 Å². The Kier molecular flexibility index (Phi) is 2.94. The molecule has 0 bridgehead atoms. The van der Waals surface area contributed by atoms with Gasteiger partial charge in [-0.3, -0.25) is 9.59 Å². The molecule has 2 atom stereocenters. The first kappa shape index (κ1) is 10.7. The standard InChI is InChI=1S/C11H13NO4/c13-10(8-3-4-16-6-8)12-9-2-1-7(5-9)11(14)15/h3-4,6-7,9H,1-2,5H2,(H,12,13)(H,14,15)/t7-,9-/m1/s1. The van der Waals surface area contributed by atoms with Crippen LogP contribution in [0.3, 0.4) is 0 Å². The third-order valence-corrected chi connectivity index (χ3v) is 2.90. The largest absolute Gasteiger partial charge is 0.481 e. The number of carboxylic acids is 1. The molecule has 1 aromatic rings. The molecule has 1 saturated carbocycles. The van der Waals surface area contributed by atoms with E-state index in [0.29, 0.717) is 18.4 Å². The van der Waals surface area contributed by atoms with Crippen molar-refractivity contribution < 1.29 is 19.1 Å². The summed E-state index contributed by atoms with van der Waals surface area (Å²) >= 11 is 0. The van der Waals surface area contributed by atoms with Crippen LogP contribution in [0.25, 0.3) is 0 Å². The Bertz CT molecular complexity index is 385. The number of nitrogens with one attached hydrogen (secondary N) is 1. The summed E-state index contributed by atoms with van der Waals surface area (Å²) < 4.78 is 4.80. The summed E-state index contributed by atoms with van der Waals surface area (Å²) in [7, 11) is 0. The first-order valence-electron chi connectivity index (χ1n) is 5.22. The van der Waals surface area contributed by atoms with Gasteiger partial charge in [0.25, 0.3) is 5.91 Å². The average molecular weight is 223 g/mol. The second-order valence-electron chi connectivity index (χ2n) is 4.03. The summed E-state index contributed by atoms with van der Waals surface area (Å²) in [6.07, 6.45) is 4.67. The topological polar surface area (TPSA) is 79.5 Å². The van der Waals surface area contributed by atoms with E-state index in [1.165, 1.54) is 12.5 Å². The molecule has 1 aliphatic rings. The first-order chi connectivity index (χ1) is 7.66. The minimum atomic E-state index is -0.778. The number of hydrogen-bond donors (Lipinski definition) is 2. The molecule has 1 aromatic heterocycles. The second-order valence-corrected chi connectivity index (χ2v) is 4.03. The van der Waals surface area contributed by atoms with E-state index in [1.807, 2.05) is 0 Å². The van der Waals surface area contributed by atoms with Crippen LogP contribution in [-0.2, 0) is 4.79 Å². The van der Waals surface area contributed by atoms with E-state index in [1.54, 1.807) is 6.07 Å². The SMILES string of the molecule is O=C(N[C@@H]1CC[C@@H](C(=O)O)C1)c1ccoc1. The van der Waals surface area contributed by atoms with Crippen molar-refractivity contribution in [2.75, 3.05) is 0 Å². The van der Waals surface area contributed by atoms with E-state index in [9.17, 15) is 9.59 Å². The molecule has 1 aliphatic carbocycles. The van der Waals surface area contributed by atoms with E-state index in [0.717, 1.165) is 6.42 Å². The van der Waals surface area contributed by atoms with Crippen LogP contribution in [0.1, 0.15) is 29.6 Å². The van der Waals surface area contributed by atoms with Crippen molar-refractivity contribution >= 4 is 11.9 Å². The Morgan fingerprint density at radius 1 is 1.44 bits per heavy atom. The maximum absolute atomic E-state index is 11.6. The summed E-state index contributed by atoms with van der Waals surface area (Å²) in [5.41, 5.74) is 0.471. The zero-order valence-corrected chi connectivity index (χ0v) is 8.68. The van der Waals surface area contributed by atoms with Gasteiger partial charge in [-0.15, -0.1) is 0 Å². The van der Waals surface area contributed by atoms with Crippen LogP contribution in [0.15, 0.2) is 23.0 Å². The third kappa shape index (κ3) is 2.24. The normalized spacial score (nSPS) is 24.2. The van der Waals surface area contributed by atoms with Crippen molar-refractivity contribution in [2.45, 2.75) is 25.3 Å². The van der Waals surface area contributed by atoms with Crippen LogP contribution in [0.4, 0.5) is 0 Å². The van der Waals surface area contributed by atoms with Crippen molar-refractivity contribution in [1.29, 1.82) is 0 Å². The number of hydrogen-bond acceptors (Lipinski definition) is 3. The fraction of sp³-hybridized carbons (Fsp3) is 0.455. The van der Waals surface area contributed by atoms with Gasteiger partial charge in [0, 0.05) is 6.04 Å². The van der Waals surface area contributed by atoms with Gasteiger partial charge in [0.15, 0.2) is 0 Å². The molecule has 1 amide bonds. The monoisotopic (exact) mass is 223 g/mol. The molecule has 0 aromatic carbocycles. The van der Waals surface area contributed by atoms with Crippen LogP contribution < -0.4 is 5.32 Å². The molecule has 16 heavy (non-hydrogen) atoms. The molecule has 0 spiro atoms. The van der Waals surface area contributed by atoms with Crippen molar-refractivity contribution in [1.82, 2.24) is 5.32 Å². The lowest BCUT2D eigenvalue weighted by atomic mass is 10.1. The Labute approximate surface area is 92.4 Å². The van der Waals surface area contributed by atoms with Gasteiger partial charge < -0.3 is 14.8 Å². The molecule has 1 heterocycles. The van der Waals surface area contributed by atoms with Crippen LogP contribution in [0.5, 0.6) is 0 Å². The molecule has 2 N–H and O–H groups in total. The van der Waals surface area contributed by atoms with Gasteiger partial charge in [-0.2, -0.15) is 0 Å². The zero-order chi connectivity index (χ0) is 11.5. The summed E-state index contributed by atoms with van der Waals surface area (Å²) in [4.78, 5) is 22.4. The van der Waals surface area contributed by atoms with Gasteiger partial charge >= 0.3 is 5.97 Å². The molecule has 0 unspecified atom stereocenters. The van der Waals surface area contributed by atoms with E-state index in [4.69, 9.17) is 9.52 Å². The maximum Gasteiger partial charge on any atom is 0.306 e. The maximum atomic E-state index is 11.6. The van der Waals surface area contributed by atoms with Crippen LogP contribution in [0.2, 0.25) is 0 Å². The van der Waals surface area contributed by atoms with E-state index >= 15 is 0 Å². The lowest BCUT2D eigenvalue weighted by molar-refractivity contribution is -0.141. The number of carbonyl (C=O) groups is 2. The lowest BCUT2D eigenvalue weighted by Crippen LogP contribution is -2.33. The minimum absolute atomic E-state index is 0.0384. The molecule has 0 saturated heterocycles.